The number of amides is 1. The van der Waals surface area contributed by atoms with Gasteiger partial charge in [0.15, 0.2) is 0 Å². The number of nitrogens with one attached hydrogen (secondary N) is 1. The Morgan fingerprint density at radius 3 is 2.62 bits per heavy atom. The Morgan fingerprint density at radius 1 is 1.33 bits per heavy atom. The zero-order valence-corrected chi connectivity index (χ0v) is 13.1. The summed E-state index contributed by atoms with van der Waals surface area (Å²) in [6, 6.07) is 4.18. The number of hydrogen-bond acceptors (Lipinski definition) is 2. The van der Waals surface area contributed by atoms with Crippen molar-refractivity contribution in [1.29, 1.82) is 0 Å². The van der Waals surface area contributed by atoms with Gasteiger partial charge < -0.3 is 10.4 Å². The molecular formula is C15H17BrFNO3. The van der Waals surface area contributed by atoms with E-state index in [4.69, 9.17) is 5.11 Å². The van der Waals surface area contributed by atoms with Crippen LogP contribution in [0.25, 0.3) is 0 Å². The smallest absolute Gasteiger partial charge is 0.305 e. The summed E-state index contributed by atoms with van der Waals surface area (Å²) in [6.45, 7) is 0. The third-order valence-electron chi connectivity index (χ3n) is 3.81. The van der Waals surface area contributed by atoms with Crippen molar-refractivity contribution in [3.05, 3.63) is 34.1 Å². The Morgan fingerprint density at radius 2 is 2.00 bits per heavy atom. The van der Waals surface area contributed by atoms with Crippen molar-refractivity contribution in [2.24, 2.45) is 0 Å². The Labute approximate surface area is 130 Å². The average molecular weight is 358 g/mol. The Balaban J connectivity index is 2.06. The molecular weight excluding hydrogens is 341 g/mol. The first kappa shape index (κ1) is 15.9. The SMILES string of the molecule is O=C(O)CC1(NC(=O)Cc2cc(F)ccc2Br)CCCC1. The van der Waals surface area contributed by atoms with Gasteiger partial charge in [0.05, 0.1) is 18.4 Å². The molecule has 1 aromatic rings. The average Bonchev–Trinajstić information content (AvgIpc) is 2.80. The van der Waals surface area contributed by atoms with Gasteiger partial charge in [-0.25, -0.2) is 4.39 Å². The molecule has 6 heteroatoms. The van der Waals surface area contributed by atoms with Crippen LogP contribution in [0.15, 0.2) is 22.7 Å². The van der Waals surface area contributed by atoms with E-state index in [9.17, 15) is 14.0 Å². The van der Waals surface area contributed by atoms with Gasteiger partial charge in [0.25, 0.3) is 0 Å². The number of carboxylic acids is 1. The molecule has 114 valence electrons. The minimum absolute atomic E-state index is 0.0275. The van der Waals surface area contributed by atoms with E-state index >= 15 is 0 Å². The van der Waals surface area contributed by atoms with Gasteiger partial charge in [-0.1, -0.05) is 28.8 Å². The highest BCUT2D eigenvalue weighted by molar-refractivity contribution is 9.10. The van der Waals surface area contributed by atoms with Gasteiger partial charge in [0, 0.05) is 4.47 Å². The fraction of sp³-hybridized carbons (Fsp3) is 0.467. The molecule has 0 bridgehead atoms. The summed E-state index contributed by atoms with van der Waals surface area (Å²) in [4.78, 5) is 23.2. The van der Waals surface area contributed by atoms with Gasteiger partial charge in [-0.2, -0.15) is 0 Å². The quantitative estimate of drug-likeness (QED) is 0.850. The highest BCUT2D eigenvalue weighted by Gasteiger charge is 2.37. The van der Waals surface area contributed by atoms with Crippen LogP contribution in [-0.2, 0) is 16.0 Å². The number of halogens is 2. The lowest BCUT2D eigenvalue weighted by molar-refractivity contribution is -0.139. The lowest BCUT2D eigenvalue weighted by atomic mass is 9.92. The monoisotopic (exact) mass is 357 g/mol. The van der Waals surface area contributed by atoms with Crippen molar-refractivity contribution in [2.45, 2.75) is 44.1 Å². The molecule has 0 radical (unpaired) electrons. The standard InChI is InChI=1S/C15H17BrFNO3/c16-12-4-3-11(17)7-10(12)8-13(19)18-15(9-14(20)21)5-1-2-6-15/h3-4,7H,1-2,5-6,8-9H2,(H,18,19)(H,20,21). The first-order valence-electron chi connectivity index (χ1n) is 6.87. The molecule has 0 saturated heterocycles. The second-order valence-electron chi connectivity index (χ2n) is 5.52. The molecule has 1 amide bonds. The van der Waals surface area contributed by atoms with Crippen molar-refractivity contribution >= 4 is 27.8 Å². The van der Waals surface area contributed by atoms with Gasteiger partial charge in [-0.3, -0.25) is 9.59 Å². The normalized spacial score (nSPS) is 16.7. The topological polar surface area (TPSA) is 66.4 Å². The number of aliphatic carboxylic acids is 1. The molecule has 0 heterocycles. The Bertz CT molecular complexity index is 556. The third-order valence-corrected chi connectivity index (χ3v) is 4.59. The van der Waals surface area contributed by atoms with Gasteiger partial charge in [-0.05, 0) is 36.6 Å². The predicted molar refractivity (Wildman–Crippen MR) is 79.4 cm³/mol. The van der Waals surface area contributed by atoms with Crippen molar-refractivity contribution in [3.8, 4) is 0 Å². The van der Waals surface area contributed by atoms with Gasteiger partial charge in [0.1, 0.15) is 5.82 Å². The summed E-state index contributed by atoms with van der Waals surface area (Å²) < 4.78 is 13.9. The number of carbonyl (C=O) groups is 2. The molecule has 2 rings (SSSR count). The van der Waals surface area contributed by atoms with E-state index < -0.39 is 17.3 Å². The summed E-state index contributed by atoms with van der Waals surface area (Å²) in [5, 5.41) is 11.9. The maximum atomic E-state index is 13.2. The fourth-order valence-corrected chi connectivity index (χ4v) is 3.27. The molecule has 1 aliphatic carbocycles. The van der Waals surface area contributed by atoms with Crippen LogP contribution in [0.5, 0.6) is 0 Å². The molecule has 1 fully saturated rings. The van der Waals surface area contributed by atoms with E-state index in [0.717, 1.165) is 12.8 Å². The van der Waals surface area contributed by atoms with Crippen LogP contribution in [0.3, 0.4) is 0 Å². The van der Waals surface area contributed by atoms with E-state index in [1.54, 1.807) is 6.07 Å². The molecule has 1 aliphatic rings. The number of benzene rings is 1. The first-order chi connectivity index (χ1) is 9.90. The van der Waals surface area contributed by atoms with Crippen LogP contribution in [0.1, 0.15) is 37.7 Å². The van der Waals surface area contributed by atoms with Crippen molar-refractivity contribution < 1.29 is 19.1 Å². The zero-order chi connectivity index (χ0) is 15.5. The minimum Gasteiger partial charge on any atom is -0.481 e. The Hall–Kier alpha value is -1.43. The molecule has 0 aromatic heterocycles. The maximum absolute atomic E-state index is 13.2. The number of carbonyl (C=O) groups excluding carboxylic acids is 1. The van der Waals surface area contributed by atoms with Crippen LogP contribution < -0.4 is 5.32 Å². The van der Waals surface area contributed by atoms with Gasteiger partial charge in [0.2, 0.25) is 5.91 Å². The fourth-order valence-electron chi connectivity index (χ4n) is 2.88. The van der Waals surface area contributed by atoms with Gasteiger partial charge in [-0.15, -0.1) is 0 Å². The van der Waals surface area contributed by atoms with E-state index in [2.05, 4.69) is 21.2 Å². The molecule has 21 heavy (non-hydrogen) atoms. The van der Waals surface area contributed by atoms with Crippen molar-refractivity contribution in [1.82, 2.24) is 5.32 Å². The summed E-state index contributed by atoms with van der Waals surface area (Å²) in [5.74, 6) is -1.59. The van der Waals surface area contributed by atoms with Crippen LogP contribution in [0.4, 0.5) is 4.39 Å². The largest absolute Gasteiger partial charge is 0.481 e. The lowest BCUT2D eigenvalue weighted by Gasteiger charge is -2.28. The van der Waals surface area contributed by atoms with Crippen molar-refractivity contribution in [2.75, 3.05) is 0 Å². The van der Waals surface area contributed by atoms with E-state index in [1.807, 2.05) is 0 Å². The summed E-state index contributed by atoms with van der Waals surface area (Å²) in [6.07, 6.45) is 3.14. The molecule has 4 nitrogen and oxygen atoms in total. The third kappa shape index (κ3) is 4.27. The molecule has 0 atom stereocenters. The van der Waals surface area contributed by atoms with Crippen molar-refractivity contribution in [3.63, 3.8) is 0 Å². The van der Waals surface area contributed by atoms with Gasteiger partial charge >= 0.3 is 5.97 Å². The molecule has 0 spiro atoms. The van der Waals surface area contributed by atoms with Crippen LogP contribution >= 0.6 is 15.9 Å². The first-order valence-corrected chi connectivity index (χ1v) is 7.66. The highest BCUT2D eigenvalue weighted by Crippen LogP contribution is 2.32. The van der Waals surface area contributed by atoms with E-state index in [0.29, 0.717) is 22.9 Å². The van der Waals surface area contributed by atoms with E-state index in [1.165, 1.54) is 12.1 Å². The second-order valence-corrected chi connectivity index (χ2v) is 6.37. The number of hydrogen-bond donors (Lipinski definition) is 2. The van der Waals surface area contributed by atoms with E-state index in [-0.39, 0.29) is 18.7 Å². The predicted octanol–water partition coefficient (Wildman–Crippen LogP) is 3.03. The van der Waals surface area contributed by atoms with Crippen LogP contribution in [0, 0.1) is 5.82 Å². The molecule has 2 N–H and O–H groups in total. The summed E-state index contributed by atoms with van der Waals surface area (Å²) in [7, 11) is 0. The molecule has 1 aromatic carbocycles. The lowest BCUT2D eigenvalue weighted by Crippen LogP contribution is -2.48. The van der Waals surface area contributed by atoms with Crippen LogP contribution in [-0.4, -0.2) is 22.5 Å². The number of rotatable bonds is 5. The number of carboxylic acid groups (broad SMARTS) is 1. The summed E-state index contributed by atoms with van der Waals surface area (Å²) >= 11 is 3.28. The molecule has 0 unspecified atom stereocenters. The second kappa shape index (κ2) is 6.56. The van der Waals surface area contributed by atoms with Crippen LogP contribution in [0.2, 0.25) is 0 Å². The molecule has 0 aliphatic heterocycles. The zero-order valence-electron chi connectivity index (χ0n) is 11.5. The Kier molecular flexibility index (Phi) is 4.98. The summed E-state index contributed by atoms with van der Waals surface area (Å²) in [5.41, 5.74) is -0.0983. The molecule has 1 saturated carbocycles. The maximum Gasteiger partial charge on any atom is 0.305 e. The highest BCUT2D eigenvalue weighted by atomic mass is 79.9. The minimum atomic E-state index is -0.913.